The molecule has 0 aliphatic carbocycles. The second-order valence-corrected chi connectivity index (χ2v) is 6.70. The van der Waals surface area contributed by atoms with Crippen LogP contribution in [0.15, 0.2) is 57.7 Å². The van der Waals surface area contributed by atoms with Gasteiger partial charge in [-0.3, -0.25) is 14.4 Å². The first-order valence-electron chi connectivity index (χ1n) is 9.26. The van der Waals surface area contributed by atoms with Crippen molar-refractivity contribution in [1.29, 1.82) is 0 Å². The zero-order valence-corrected chi connectivity index (χ0v) is 16.8. The smallest absolute Gasteiger partial charge is 0.336 e. The highest BCUT2D eigenvalue weighted by molar-refractivity contribution is 5.97. The number of hydrogen-bond acceptors (Lipinski definition) is 7. The number of carbonyl (C=O) groups is 3. The van der Waals surface area contributed by atoms with E-state index in [0.29, 0.717) is 16.7 Å². The van der Waals surface area contributed by atoms with E-state index in [1.165, 1.54) is 44.4 Å². The highest BCUT2D eigenvalue weighted by atomic mass is 16.5. The lowest BCUT2D eigenvalue weighted by atomic mass is 10.0. The largest absolute Gasteiger partial charge is 0.497 e. The van der Waals surface area contributed by atoms with Crippen LogP contribution in [0.3, 0.4) is 0 Å². The molecule has 0 unspecified atom stereocenters. The van der Waals surface area contributed by atoms with Gasteiger partial charge in [-0.05, 0) is 42.0 Å². The maximum Gasteiger partial charge on any atom is 0.336 e. The summed E-state index contributed by atoms with van der Waals surface area (Å²) in [5, 5.41) is 3.16. The van der Waals surface area contributed by atoms with Crippen LogP contribution in [0.5, 0.6) is 11.5 Å². The molecule has 0 aliphatic rings. The fraction of sp³-hybridized carbons (Fsp3) is 0.182. The van der Waals surface area contributed by atoms with Crippen molar-refractivity contribution in [3.05, 3.63) is 70.1 Å². The molecule has 160 valence electrons. The van der Waals surface area contributed by atoms with Crippen LogP contribution in [0.1, 0.15) is 22.8 Å². The van der Waals surface area contributed by atoms with Crippen molar-refractivity contribution in [3.8, 4) is 11.5 Å². The molecular formula is C22H20N2O7. The van der Waals surface area contributed by atoms with Gasteiger partial charge in [0.2, 0.25) is 5.91 Å². The number of primary amides is 1. The lowest BCUT2D eigenvalue weighted by Crippen LogP contribution is -2.46. The van der Waals surface area contributed by atoms with Crippen LogP contribution in [0.2, 0.25) is 0 Å². The van der Waals surface area contributed by atoms with Crippen molar-refractivity contribution >= 4 is 28.8 Å². The topological polar surface area (TPSA) is 138 Å². The summed E-state index contributed by atoms with van der Waals surface area (Å²) in [7, 11) is 1.49. The maximum absolute atomic E-state index is 12.6. The standard InChI is InChI=1S/C22H20N2O7/c1-12(25)30-15-5-3-13(4-6-15)22(28)24-18(21(23)27)9-14-10-20(26)31-19-11-16(29-2)7-8-17(14)19/h3-8,10-11,18H,9H2,1-2H3,(H2,23,27)(H,24,28)/t18-/m1/s1. The second kappa shape index (κ2) is 9.12. The van der Waals surface area contributed by atoms with Gasteiger partial charge < -0.3 is 24.9 Å². The van der Waals surface area contributed by atoms with Gasteiger partial charge in [0.15, 0.2) is 0 Å². The third-order valence-electron chi connectivity index (χ3n) is 4.49. The summed E-state index contributed by atoms with van der Waals surface area (Å²) >= 11 is 0. The first kappa shape index (κ1) is 21.6. The number of benzene rings is 2. The molecule has 1 aromatic heterocycles. The average Bonchev–Trinajstić information content (AvgIpc) is 2.72. The van der Waals surface area contributed by atoms with Gasteiger partial charge in [-0.25, -0.2) is 4.79 Å². The molecule has 1 atom stereocenters. The Bertz CT molecular complexity index is 1200. The normalized spacial score (nSPS) is 11.5. The van der Waals surface area contributed by atoms with Gasteiger partial charge in [-0.15, -0.1) is 0 Å². The number of carbonyl (C=O) groups excluding carboxylic acids is 3. The fourth-order valence-electron chi connectivity index (χ4n) is 3.03. The van der Waals surface area contributed by atoms with Crippen LogP contribution < -0.4 is 26.1 Å². The number of fused-ring (bicyclic) bond motifs is 1. The van der Waals surface area contributed by atoms with E-state index in [-0.39, 0.29) is 23.3 Å². The lowest BCUT2D eigenvalue weighted by molar-refractivity contribution is -0.131. The van der Waals surface area contributed by atoms with E-state index in [2.05, 4.69) is 5.32 Å². The van der Waals surface area contributed by atoms with Gasteiger partial charge in [0, 0.05) is 36.4 Å². The van der Waals surface area contributed by atoms with Gasteiger partial charge in [-0.1, -0.05) is 0 Å². The Morgan fingerprint density at radius 3 is 2.35 bits per heavy atom. The highest BCUT2D eigenvalue weighted by Gasteiger charge is 2.21. The van der Waals surface area contributed by atoms with Crippen molar-refractivity contribution in [3.63, 3.8) is 0 Å². The third kappa shape index (κ3) is 5.27. The Hall–Kier alpha value is -4.14. The van der Waals surface area contributed by atoms with Crippen molar-refractivity contribution in [2.24, 2.45) is 5.73 Å². The van der Waals surface area contributed by atoms with Gasteiger partial charge >= 0.3 is 11.6 Å². The van der Waals surface area contributed by atoms with Crippen LogP contribution in [-0.4, -0.2) is 30.9 Å². The van der Waals surface area contributed by atoms with E-state index < -0.39 is 29.5 Å². The Morgan fingerprint density at radius 2 is 1.74 bits per heavy atom. The second-order valence-electron chi connectivity index (χ2n) is 6.70. The van der Waals surface area contributed by atoms with Crippen LogP contribution in [-0.2, 0) is 16.0 Å². The van der Waals surface area contributed by atoms with Crippen molar-refractivity contribution in [2.75, 3.05) is 7.11 Å². The summed E-state index contributed by atoms with van der Waals surface area (Å²) in [6.45, 7) is 1.27. The summed E-state index contributed by atoms with van der Waals surface area (Å²) in [6.07, 6.45) is -0.0129. The zero-order valence-electron chi connectivity index (χ0n) is 16.8. The molecule has 0 fully saturated rings. The summed E-state index contributed by atoms with van der Waals surface area (Å²) < 4.78 is 15.3. The number of nitrogens with one attached hydrogen (secondary N) is 1. The number of rotatable bonds is 7. The number of amides is 2. The Balaban J connectivity index is 1.83. The van der Waals surface area contributed by atoms with E-state index in [0.717, 1.165) is 0 Å². The average molecular weight is 424 g/mol. The number of esters is 1. The van der Waals surface area contributed by atoms with Gasteiger partial charge in [-0.2, -0.15) is 0 Å². The minimum atomic E-state index is -1.08. The molecule has 0 aliphatic heterocycles. The van der Waals surface area contributed by atoms with Crippen molar-refractivity contribution < 1.29 is 28.3 Å². The molecule has 0 saturated heterocycles. The minimum absolute atomic E-state index is 0.0129. The van der Waals surface area contributed by atoms with Gasteiger partial charge in [0.25, 0.3) is 5.91 Å². The number of nitrogens with two attached hydrogens (primary N) is 1. The molecule has 9 nitrogen and oxygen atoms in total. The van der Waals surface area contributed by atoms with E-state index in [4.69, 9.17) is 19.6 Å². The first-order valence-corrected chi connectivity index (χ1v) is 9.26. The molecule has 2 aromatic carbocycles. The van der Waals surface area contributed by atoms with Gasteiger partial charge in [0.1, 0.15) is 23.1 Å². The summed E-state index contributed by atoms with van der Waals surface area (Å²) in [5.74, 6) is -1.01. The van der Waals surface area contributed by atoms with Crippen LogP contribution >= 0.6 is 0 Å². The molecule has 2 amide bonds. The molecule has 1 heterocycles. The molecule has 3 rings (SSSR count). The molecule has 31 heavy (non-hydrogen) atoms. The molecule has 0 spiro atoms. The summed E-state index contributed by atoms with van der Waals surface area (Å²) in [6, 6.07) is 10.9. The molecular weight excluding hydrogens is 404 g/mol. The Morgan fingerprint density at radius 1 is 1.06 bits per heavy atom. The molecule has 0 saturated carbocycles. The Labute approximate surface area is 176 Å². The van der Waals surface area contributed by atoms with Crippen LogP contribution in [0, 0.1) is 0 Å². The van der Waals surface area contributed by atoms with E-state index >= 15 is 0 Å². The van der Waals surface area contributed by atoms with Crippen molar-refractivity contribution in [2.45, 2.75) is 19.4 Å². The van der Waals surface area contributed by atoms with Crippen LogP contribution in [0.25, 0.3) is 11.0 Å². The zero-order chi connectivity index (χ0) is 22.5. The lowest BCUT2D eigenvalue weighted by Gasteiger charge is -2.17. The van der Waals surface area contributed by atoms with E-state index in [1.807, 2.05) is 0 Å². The minimum Gasteiger partial charge on any atom is -0.497 e. The number of ether oxygens (including phenoxy) is 2. The van der Waals surface area contributed by atoms with Gasteiger partial charge in [0.05, 0.1) is 7.11 Å². The monoisotopic (exact) mass is 424 g/mol. The van der Waals surface area contributed by atoms with E-state index in [9.17, 15) is 19.2 Å². The molecule has 3 N–H and O–H groups in total. The van der Waals surface area contributed by atoms with E-state index in [1.54, 1.807) is 18.2 Å². The maximum atomic E-state index is 12.6. The summed E-state index contributed by atoms with van der Waals surface area (Å²) in [4.78, 5) is 47.5. The number of hydrogen-bond donors (Lipinski definition) is 2. The third-order valence-corrected chi connectivity index (χ3v) is 4.49. The molecule has 9 heteroatoms. The van der Waals surface area contributed by atoms with Crippen molar-refractivity contribution in [1.82, 2.24) is 5.32 Å². The molecule has 0 bridgehead atoms. The summed E-state index contributed by atoms with van der Waals surface area (Å²) in [5.41, 5.74) is 5.90. The SMILES string of the molecule is COc1ccc2c(C[C@@H](NC(=O)c3ccc(OC(C)=O)cc3)C(N)=O)cc(=O)oc2c1. The fourth-order valence-corrected chi connectivity index (χ4v) is 3.03. The highest BCUT2D eigenvalue weighted by Crippen LogP contribution is 2.23. The first-order chi connectivity index (χ1) is 14.8. The molecule has 0 radical (unpaired) electrons. The quantitative estimate of drug-likeness (QED) is 0.333. The number of methoxy groups -OCH3 is 1. The van der Waals surface area contributed by atoms with Crippen LogP contribution in [0.4, 0.5) is 0 Å². The predicted octanol–water partition coefficient (Wildman–Crippen LogP) is 1.55. The molecule has 3 aromatic rings. The predicted molar refractivity (Wildman–Crippen MR) is 111 cm³/mol. The Kier molecular flexibility index (Phi) is 6.35.